The number of benzene rings is 2. The number of aromatic nitrogens is 2. The van der Waals surface area contributed by atoms with Crippen LogP contribution < -0.4 is 5.32 Å². The Morgan fingerprint density at radius 2 is 1.93 bits per heavy atom. The van der Waals surface area contributed by atoms with Crippen LogP contribution in [0.4, 0.5) is 0 Å². The number of nitrogens with zero attached hydrogens (tertiary/aromatic N) is 2. The Balaban J connectivity index is 1.41. The minimum absolute atomic E-state index is 0.0688. The predicted octanol–water partition coefficient (Wildman–Crippen LogP) is 4.52. The number of para-hydroxylation sites is 1. The molecule has 0 aliphatic heterocycles. The van der Waals surface area contributed by atoms with Gasteiger partial charge >= 0.3 is 0 Å². The van der Waals surface area contributed by atoms with E-state index in [1.807, 2.05) is 79.3 Å². The second-order valence-electron chi connectivity index (χ2n) is 7.39. The third-order valence-electron chi connectivity index (χ3n) is 4.87. The fourth-order valence-corrected chi connectivity index (χ4v) is 3.31. The van der Waals surface area contributed by atoms with E-state index in [-0.39, 0.29) is 12.0 Å². The number of ether oxygens (including phenoxy) is 1. The number of carbonyl (C=O) groups is 1. The number of nitrogens with one attached hydrogen (secondary N) is 1. The molecule has 0 saturated carbocycles. The van der Waals surface area contributed by atoms with Crippen LogP contribution in [0.25, 0.3) is 16.7 Å². The highest BCUT2D eigenvalue weighted by atomic mass is 16.5. The average Bonchev–Trinajstić information content (AvgIpc) is 3.41. The van der Waals surface area contributed by atoms with E-state index in [1.165, 1.54) is 0 Å². The van der Waals surface area contributed by atoms with Crippen LogP contribution in [0.5, 0.6) is 0 Å². The first-order chi connectivity index (χ1) is 14.6. The minimum Gasteiger partial charge on any atom is -0.451 e. The van der Waals surface area contributed by atoms with E-state index in [2.05, 4.69) is 10.4 Å². The van der Waals surface area contributed by atoms with Crippen molar-refractivity contribution >= 4 is 16.9 Å². The van der Waals surface area contributed by atoms with Gasteiger partial charge in [-0.25, -0.2) is 4.68 Å². The summed E-state index contributed by atoms with van der Waals surface area (Å²) in [6, 6.07) is 17.7. The summed E-state index contributed by atoms with van der Waals surface area (Å²) < 4.78 is 13.4. The number of fused-ring (bicyclic) bond motifs is 1. The van der Waals surface area contributed by atoms with Crippen LogP contribution in [-0.2, 0) is 17.8 Å². The first-order valence-electron chi connectivity index (χ1n) is 10.1. The van der Waals surface area contributed by atoms with Crippen molar-refractivity contribution in [3.8, 4) is 5.69 Å². The van der Waals surface area contributed by atoms with Crippen molar-refractivity contribution in [1.82, 2.24) is 15.1 Å². The largest absolute Gasteiger partial charge is 0.451 e. The van der Waals surface area contributed by atoms with Gasteiger partial charge in [0.1, 0.15) is 5.58 Å². The maximum atomic E-state index is 12.8. The van der Waals surface area contributed by atoms with Crippen molar-refractivity contribution in [2.45, 2.75) is 33.0 Å². The fraction of sp³-hybridized carbons (Fsp3) is 0.250. The van der Waals surface area contributed by atoms with Gasteiger partial charge in [-0.3, -0.25) is 4.79 Å². The Labute approximate surface area is 175 Å². The molecule has 2 aromatic heterocycles. The van der Waals surface area contributed by atoms with Gasteiger partial charge in [0.25, 0.3) is 5.91 Å². The van der Waals surface area contributed by atoms with E-state index in [9.17, 15) is 4.79 Å². The lowest BCUT2D eigenvalue weighted by atomic mass is 10.1. The Morgan fingerprint density at radius 3 is 2.67 bits per heavy atom. The molecule has 2 heterocycles. The van der Waals surface area contributed by atoms with Crippen LogP contribution in [0.1, 0.15) is 35.5 Å². The smallest absolute Gasteiger partial charge is 0.287 e. The number of furan rings is 1. The molecule has 0 aliphatic carbocycles. The van der Waals surface area contributed by atoms with Gasteiger partial charge in [-0.2, -0.15) is 5.10 Å². The van der Waals surface area contributed by atoms with Crippen LogP contribution in [-0.4, -0.2) is 28.3 Å². The van der Waals surface area contributed by atoms with Gasteiger partial charge in [-0.05, 0) is 50.1 Å². The summed E-state index contributed by atoms with van der Waals surface area (Å²) in [5.41, 5.74) is 3.63. The molecule has 6 heteroatoms. The van der Waals surface area contributed by atoms with Gasteiger partial charge in [0, 0.05) is 29.9 Å². The van der Waals surface area contributed by atoms with E-state index >= 15 is 0 Å². The van der Waals surface area contributed by atoms with Crippen LogP contribution in [0, 0.1) is 0 Å². The highest BCUT2D eigenvalue weighted by Crippen LogP contribution is 2.27. The van der Waals surface area contributed by atoms with Crippen LogP contribution in [0.15, 0.2) is 71.4 Å². The average molecular weight is 403 g/mol. The molecule has 0 unspecified atom stereocenters. The lowest BCUT2D eigenvalue weighted by Crippen LogP contribution is -2.26. The van der Waals surface area contributed by atoms with Gasteiger partial charge in [0.2, 0.25) is 0 Å². The van der Waals surface area contributed by atoms with Gasteiger partial charge in [0.05, 0.1) is 18.4 Å². The van der Waals surface area contributed by atoms with E-state index in [1.54, 1.807) is 6.20 Å². The van der Waals surface area contributed by atoms with Crippen molar-refractivity contribution in [1.29, 1.82) is 0 Å². The number of hydrogen-bond acceptors (Lipinski definition) is 4. The molecule has 4 aromatic rings. The molecule has 1 N–H and O–H groups in total. The molecule has 4 rings (SSSR count). The van der Waals surface area contributed by atoms with E-state index in [0.717, 1.165) is 28.6 Å². The summed E-state index contributed by atoms with van der Waals surface area (Å²) in [6.07, 6.45) is 4.45. The summed E-state index contributed by atoms with van der Waals surface area (Å²) >= 11 is 0. The SMILES string of the molecule is CC(C)OCc1c(C(=O)NCCc2ccc(-n3cccn3)cc2)oc2ccccc12. The summed E-state index contributed by atoms with van der Waals surface area (Å²) in [5, 5.41) is 8.11. The van der Waals surface area contributed by atoms with Crippen molar-refractivity contribution in [2.75, 3.05) is 6.54 Å². The third kappa shape index (κ3) is 4.44. The second-order valence-corrected chi connectivity index (χ2v) is 7.39. The van der Waals surface area contributed by atoms with Gasteiger partial charge in [-0.15, -0.1) is 0 Å². The van der Waals surface area contributed by atoms with Gasteiger partial charge < -0.3 is 14.5 Å². The van der Waals surface area contributed by atoms with Crippen LogP contribution >= 0.6 is 0 Å². The molecule has 154 valence electrons. The molecule has 0 atom stereocenters. The van der Waals surface area contributed by atoms with Crippen LogP contribution in [0.3, 0.4) is 0 Å². The summed E-state index contributed by atoms with van der Waals surface area (Å²) in [5.74, 6) is 0.104. The maximum absolute atomic E-state index is 12.8. The highest BCUT2D eigenvalue weighted by Gasteiger charge is 2.20. The molecule has 0 aliphatic rings. The first kappa shape index (κ1) is 19.9. The van der Waals surface area contributed by atoms with Gasteiger partial charge in [0.15, 0.2) is 5.76 Å². The number of rotatable bonds is 8. The number of hydrogen-bond donors (Lipinski definition) is 1. The van der Waals surface area contributed by atoms with Crippen LogP contribution in [0.2, 0.25) is 0 Å². The van der Waals surface area contributed by atoms with E-state index in [4.69, 9.17) is 9.15 Å². The zero-order valence-electron chi connectivity index (χ0n) is 17.2. The molecular weight excluding hydrogens is 378 g/mol. The monoisotopic (exact) mass is 403 g/mol. The zero-order chi connectivity index (χ0) is 20.9. The summed E-state index contributed by atoms with van der Waals surface area (Å²) in [6.45, 7) is 4.80. The normalized spacial score (nSPS) is 11.3. The molecule has 0 fully saturated rings. The number of carbonyl (C=O) groups excluding carboxylic acids is 1. The van der Waals surface area contributed by atoms with E-state index in [0.29, 0.717) is 24.5 Å². The molecule has 6 nitrogen and oxygen atoms in total. The standard InChI is InChI=1S/C24H25N3O3/c1-17(2)29-16-21-20-6-3-4-7-22(20)30-23(21)24(28)25-14-12-18-8-10-19(11-9-18)27-15-5-13-26-27/h3-11,13,15,17H,12,14,16H2,1-2H3,(H,25,28). The fourth-order valence-electron chi connectivity index (χ4n) is 3.31. The number of amides is 1. The molecule has 0 saturated heterocycles. The van der Waals surface area contributed by atoms with Crippen molar-refractivity contribution in [2.24, 2.45) is 0 Å². The topological polar surface area (TPSA) is 69.3 Å². The molecular formula is C24H25N3O3. The lowest BCUT2D eigenvalue weighted by molar-refractivity contribution is 0.0643. The molecule has 1 amide bonds. The Morgan fingerprint density at radius 1 is 1.13 bits per heavy atom. The second kappa shape index (κ2) is 8.97. The molecule has 0 radical (unpaired) electrons. The molecule has 30 heavy (non-hydrogen) atoms. The third-order valence-corrected chi connectivity index (χ3v) is 4.87. The summed E-state index contributed by atoms with van der Waals surface area (Å²) in [7, 11) is 0. The molecule has 0 spiro atoms. The van der Waals surface area contributed by atoms with Gasteiger partial charge in [-0.1, -0.05) is 30.3 Å². The summed E-state index contributed by atoms with van der Waals surface area (Å²) in [4.78, 5) is 12.8. The maximum Gasteiger partial charge on any atom is 0.287 e. The Hall–Kier alpha value is -3.38. The minimum atomic E-state index is -0.221. The first-order valence-corrected chi connectivity index (χ1v) is 10.1. The quantitative estimate of drug-likeness (QED) is 0.470. The Bertz CT molecular complexity index is 1110. The lowest BCUT2D eigenvalue weighted by Gasteiger charge is -2.09. The Kier molecular flexibility index (Phi) is 5.95. The van der Waals surface area contributed by atoms with Crippen molar-refractivity contribution in [3.63, 3.8) is 0 Å². The highest BCUT2D eigenvalue weighted by molar-refractivity contribution is 5.99. The molecule has 2 aromatic carbocycles. The van der Waals surface area contributed by atoms with E-state index < -0.39 is 0 Å². The van der Waals surface area contributed by atoms with Crippen molar-refractivity contribution in [3.05, 3.63) is 83.9 Å². The molecule has 0 bridgehead atoms. The van der Waals surface area contributed by atoms with Crippen molar-refractivity contribution < 1.29 is 13.9 Å². The predicted molar refractivity (Wildman–Crippen MR) is 116 cm³/mol. The zero-order valence-corrected chi connectivity index (χ0v) is 17.2.